The molecular weight excluding hydrogens is 192 g/mol. The average Bonchev–Trinajstić information content (AvgIpc) is 2.01. The van der Waals surface area contributed by atoms with Crippen LogP contribution >= 0.6 is 0 Å². The molecule has 14 heavy (non-hydrogen) atoms. The number of aromatic hydroxyl groups is 1. The van der Waals surface area contributed by atoms with E-state index in [9.17, 15) is 18.7 Å². The molecule has 0 aliphatic carbocycles. The van der Waals surface area contributed by atoms with E-state index in [1.807, 2.05) is 0 Å². The molecule has 0 aliphatic rings. The lowest BCUT2D eigenvalue weighted by atomic mass is 10.0. The molecule has 1 rings (SSSR count). The number of phenolic OH excluding ortho intramolecular Hbond substituents is 1. The summed E-state index contributed by atoms with van der Waals surface area (Å²) in [5.41, 5.74) is 4.37. The van der Waals surface area contributed by atoms with Crippen LogP contribution in [0.1, 0.15) is 29.3 Å². The van der Waals surface area contributed by atoms with Crippen molar-refractivity contribution in [2.45, 2.75) is 13.3 Å². The summed E-state index contributed by atoms with van der Waals surface area (Å²) in [6, 6.07) is 2.06. The quantitative estimate of drug-likeness (QED) is 0.569. The van der Waals surface area contributed by atoms with Gasteiger partial charge in [-0.15, -0.1) is 0 Å². The highest BCUT2D eigenvalue weighted by Gasteiger charge is 2.20. The first-order valence-corrected chi connectivity index (χ1v) is 3.85. The van der Waals surface area contributed by atoms with Gasteiger partial charge in [-0.2, -0.15) is 0 Å². The van der Waals surface area contributed by atoms with Crippen LogP contribution in [0.15, 0.2) is 12.1 Å². The van der Waals surface area contributed by atoms with Crippen molar-refractivity contribution in [3.05, 3.63) is 23.3 Å². The van der Waals surface area contributed by atoms with Crippen molar-refractivity contribution in [1.82, 2.24) is 0 Å². The number of nitrogens with two attached hydrogens (primary N) is 1. The zero-order chi connectivity index (χ0) is 10.9. The number of alkyl halides is 2. The molecule has 76 valence electrons. The van der Waals surface area contributed by atoms with Crippen molar-refractivity contribution in [1.29, 1.82) is 0 Å². The molecule has 0 saturated heterocycles. The number of rotatable bonds is 2. The lowest BCUT2D eigenvalue weighted by Gasteiger charge is -2.09. The molecule has 0 aromatic heterocycles. The molecule has 1 aromatic carbocycles. The highest BCUT2D eigenvalue weighted by atomic mass is 19.3. The normalized spacial score (nSPS) is 10.6. The Morgan fingerprint density at radius 2 is 2.07 bits per heavy atom. The maximum atomic E-state index is 12.4. The van der Waals surface area contributed by atoms with Crippen LogP contribution in [0.4, 0.5) is 14.5 Å². The third-order valence-electron chi connectivity index (χ3n) is 1.76. The summed E-state index contributed by atoms with van der Waals surface area (Å²) >= 11 is 0. The Kier molecular flexibility index (Phi) is 2.69. The van der Waals surface area contributed by atoms with Gasteiger partial charge in [-0.3, -0.25) is 4.79 Å². The number of Topliss-reactive ketones (excluding diaryl/α,β-unsaturated/α-hetero) is 1. The minimum atomic E-state index is -2.83. The zero-order valence-electron chi connectivity index (χ0n) is 7.42. The summed E-state index contributed by atoms with van der Waals surface area (Å²) in [5, 5.41) is 9.26. The summed E-state index contributed by atoms with van der Waals surface area (Å²) in [4.78, 5) is 11.0. The first-order valence-electron chi connectivity index (χ1n) is 3.85. The minimum absolute atomic E-state index is 0.00259. The Hall–Kier alpha value is -1.65. The van der Waals surface area contributed by atoms with Gasteiger partial charge in [-0.25, -0.2) is 8.78 Å². The summed E-state index contributed by atoms with van der Waals surface area (Å²) in [6.45, 7) is 1.11. The van der Waals surface area contributed by atoms with E-state index in [0.29, 0.717) is 0 Å². The van der Waals surface area contributed by atoms with Crippen molar-refractivity contribution < 1.29 is 18.7 Å². The number of carbonyl (C=O) groups excluding carboxylic acids is 1. The Morgan fingerprint density at radius 1 is 1.50 bits per heavy atom. The second kappa shape index (κ2) is 3.61. The summed E-state index contributed by atoms with van der Waals surface area (Å²) < 4.78 is 24.9. The van der Waals surface area contributed by atoms with Crippen LogP contribution in [0, 0.1) is 0 Å². The Morgan fingerprint density at radius 3 is 2.50 bits per heavy atom. The van der Waals surface area contributed by atoms with Gasteiger partial charge in [0.15, 0.2) is 5.78 Å². The van der Waals surface area contributed by atoms with Crippen LogP contribution in [0.5, 0.6) is 5.75 Å². The van der Waals surface area contributed by atoms with Gasteiger partial charge in [-0.1, -0.05) is 0 Å². The van der Waals surface area contributed by atoms with Crippen LogP contribution < -0.4 is 5.73 Å². The van der Waals surface area contributed by atoms with Gasteiger partial charge in [-0.05, 0) is 13.0 Å². The molecule has 0 amide bonds. The topological polar surface area (TPSA) is 63.3 Å². The number of carbonyl (C=O) groups is 1. The van der Waals surface area contributed by atoms with E-state index in [-0.39, 0.29) is 11.3 Å². The molecule has 0 radical (unpaired) electrons. The Bertz CT molecular complexity index is 377. The van der Waals surface area contributed by atoms with Crippen molar-refractivity contribution in [2.75, 3.05) is 5.73 Å². The number of hydrogen-bond acceptors (Lipinski definition) is 3. The lowest BCUT2D eigenvalue weighted by molar-refractivity contribution is 0.0995. The van der Waals surface area contributed by atoms with Crippen LogP contribution in [0.25, 0.3) is 0 Å². The molecule has 0 saturated carbocycles. The fourth-order valence-electron chi connectivity index (χ4n) is 1.23. The minimum Gasteiger partial charge on any atom is -0.507 e. The van der Waals surface area contributed by atoms with Gasteiger partial charge in [0.05, 0.1) is 5.56 Å². The number of anilines is 1. The van der Waals surface area contributed by atoms with Crippen molar-refractivity contribution >= 4 is 11.5 Å². The summed E-state index contributed by atoms with van der Waals surface area (Å²) in [6.07, 6.45) is -2.83. The summed E-state index contributed by atoms with van der Waals surface area (Å²) in [7, 11) is 0. The third-order valence-corrected chi connectivity index (χ3v) is 1.76. The number of nitrogen functional groups attached to an aromatic ring is 1. The van der Waals surface area contributed by atoms with Crippen molar-refractivity contribution in [2.24, 2.45) is 0 Å². The maximum Gasteiger partial charge on any atom is 0.264 e. The number of hydrogen-bond donors (Lipinski definition) is 2. The number of phenols is 1. The molecule has 0 aliphatic heterocycles. The molecule has 3 N–H and O–H groups in total. The molecule has 0 bridgehead atoms. The second-order valence-corrected chi connectivity index (χ2v) is 2.86. The van der Waals surface area contributed by atoms with Gasteiger partial charge >= 0.3 is 0 Å². The molecule has 1 aromatic rings. The number of halogens is 2. The first-order chi connectivity index (χ1) is 6.43. The predicted octanol–water partition coefficient (Wildman–Crippen LogP) is 2.11. The largest absolute Gasteiger partial charge is 0.507 e. The second-order valence-electron chi connectivity index (χ2n) is 2.86. The lowest BCUT2D eigenvalue weighted by Crippen LogP contribution is -2.02. The highest BCUT2D eigenvalue weighted by molar-refractivity contribution is 5.98. The Labute approximate surface area is 79.2 Å². The molecular formula is C9H9F2NO2. The van der Waals surface area contributed by atoms with E-state index < -0.39 is 23.5 Å². The molecule has 0 atom stereocenters. The van der Waals surface area contributed by atoms with Gasteiger partial charge in [0, 0.05) is 17.3 Å². The fourth-order valence-corrected chi connectivity index (χ4v) is 1.23. The van der Waals surface area contributed by atoms with Crippen LogP contribution in [0.2, 0.25) is 0 Å². The fraction of sp³-hybridized carbons (Fsp3) is 0.222. The molecule has 5 heteroatoms. The van der Waals surface area contributed by atoms with E-state index in [1.54, 1.807) is 0 Å². The van der Waals surface area contributed by atoms with Crippen LogP contribution in [-0.2, 0) is 0 Å². The standard InChI is InChI=1S/C9H9F2NO2/c1-4(13)8-6(9(10)11)2-5(12)3-7(8)14/h2-3,9,14H,12H2,1H3. The van der Waals surface area contributed by atoms with E-state index in [2.05, 4.69) is 0 Å². The van der Waals surface area contributed by atoms with Gasteiger partial charge in [0.1, 0.15) is 5.75 Å². The molecule has 3 nitrogen and oxygen atoms in total. The van der Waals surface area contributed by atoms with Gasteiger partial charge in [0.25, 0.3) is 6.43 Å². The third kappa shape index (κ3) is 1.81. The first kappa shape index (κ1) is 10.4. The van der Waals surface area contributed by atoms with Crippen molar-refractivity contribution in [3.63, 3.8) is 0 Å². The molecule has 0 fully saturated rings. The molecule has 0 unspecified atom stereocenters. The predicted molar refractivity (Wildman–Crippen MR) is 47.5 cm³/mol. The number of ketones is 1. The van der Waals surface area contributed by atoms with E-state index in [0.717, 1.165) is 19.1 Å². The van der Waals surface area contributed by atoms with E-state index >= 15 is 0 Å². The van der Waals surface area contributed by atoms with Crippen LogP contribution in [0.3, 0.4) is 0 Å². The monoisotopic (exact) mass is 201 g/mol. The smallest absolute Gasteiger partial charge is 0.264 e. The highest BCUT2D eigenvalue weighted by Crippen LogP contribution is 2.32. The van der Waals surface area contributed by atoms with Gasteiger partial charge < -0.3 is 10.8 Å². The summed E-state index contributed by atoms with van der Waals surface area (Å²) in [5.74, 6) is -1.12. The van der Waals surface area contributed by atoms with Crippen molar-refractivity contribution in [3.8, 4) is 5.75 Å². The van der Waals surface area contributed by atoms with Gasteiger partial charge in [0.2, 0.25) is 0 Å². The van der Waals surface area contributed by atoms with Crippen LogP contribution in [-0.4, -0.2) is 10.9 Å². The van der Waals surface area contributed by atoms with E-state index in [4.69, 9.17) is 5.73 Å². The number of benzene rings is 1. The average molecular weight is 201 g/mol. The molecule has 0 spiro atoms. The zero-order valence-corrected chi connectivity index (χ0v) is 7.42. The van der Waals surface area contributed by atoms with E-state index in [1.165, 1.54) is 0 Å². The SMILES string of the molecule is CC(=O)c1c(O)cc(N)cc1C(F)F. The maximum absolute atomic E-state index is 12.4. The molecule has 0 heterocycles. The Balaban J connectivity index is 3.44.